The standard InChI is InChI=1S/C28H34Cl2N4O3.C28H30Cl2N4O3.C28H34Cl2N4O3.C28H30Cl2N4O3/c2*1-17-18(8-19-4-3-6-31-26(19)32-17)5-7-34-15-28(16-34)13-21(14-28)27(36)33-24(12-25(35)37-2)20-9-22(29)11-23(30)10-20;2*1-37-25(35)13-24(19-10-21(29)12-22(30)11-19)33-27(36)20-14-28(15-20)16-34(17-28)9-3-5-23-7-6-18-4-2-8-31-26(18)32-23/h8-11,21,24H,3-7,12-16H2,1-2H3,(H,31,32)(H,33,36);3-4,6,8-11,21,24H,5,7,12-16H2,1-2H3,(H,33,36);6-7,10-12,20,24H,2-5,8-9,13-17H2,1H3,(H,31,32)(H,33,36);2,4,6-8,10-12,20,24H,3,5,9,13-17H2,1H3,(H,33,36)/t4*24-/m0000/s1. The normalized spacial score (nSPS) is 19.6. The van der Waals surface area contributed by atoms with Crippen molar-refractivity contribution in [2.45, 2.75) is 179 Å². The molecule has 0 bridgehead atoms. The van der Waals surface area contributed by atoms with E-state index in [1.54, 1.807) is 85.2 Å². The van der Waals surface area contributed by atoms with Gasteiger partial charge >= 0.3 is 23.9 Å². The van der Waals surface area contributed by atoms with E-state index in [-0.39, 0.29) is 94.6 Å². The highest BCUT2D eigenvalue weighted by Crippen LogP contribution is 2.56. The van der Waals surface area contributed by atoms with E-state index < -0.39 is 48.0 Å². The van der Waals surface area contributed by atoms with Gasteiger partial charge in [0.1, 0.15) is 11.6 Å². The fourth-order valence-corrected chi connectivity index (χ4v) is 25.7. The topological polar surface area (TPSA) is 336 Å². The number of nitrogens with one attached hydrogen (secondary N) is 6. The Labute approximate surface area is 904 Å². The number of hydrogen-bond acceptors (Lipinski definition) is 24. The Balaban J connectivity index is 0.000000135. The molecule has 10 aliphatic rings. The second-order valence-electron chi connectivity index (χ2n) is 42.4. The number of likely N-dealkylation sites (tertiary alicyclic amines) is 4. The molecule has 4 atom stereocenters. The van der Waals surface area contributed by atoms with Gasteiger partial charge in [-0.1, -0.05) is 105 Å². The van der Waals surface area contributed by atoms with Gasteiger partial charge < -0.3 is 70.4 Å². The van der Waals surface area contributed by atoms with Gasteiger partial charge in [-0.2, -0.15) is 0 Å². The Hall–Kier alpha value is -10.2. The van der Waals surface area contributed by atoms with Crippen molar-refractivity contribution in [3.8, 4) is 0 Å². The van der Waals surface area contributed by atoms with Gasteiger partial charge in [-0.3, -0.25) is 38.4 Å². The molecule has 36 heteroatoms. The van der Waals surface area contributed by atoms with Crippen LogP contribution in [0, 0.1) is 59.2 Å². The van der Waals surface area contributed by atoms with Gasteiger partial charge in [0.2, 0.25) is 23.6 Å². The summed E-state index contributed by atoms with van der Waals surface area (Å²) < 4.78 is 19.3. The first-order chi connectivity index (χ1) is 71.1. The minimum atomic E-state index is -0.542. The van der Waals surface area contributed by atoms with Crippen molar-refractivity contribution in [1.29, 1.82) is 0 Å². The molecule has 20 rings (SSSR count). The smallest absolute Gasteiger partial charge is 0.307 e. The van der Waals surface area contributed by atoms with Crippen LogP contribution in [-0.2, 0) is 95.8 Å². The predicted molar refractivity (Wildman–Crippen MR) is 577 cm³/mol. The van der Waals surface area contributed by atoms with Crippen molar-refractivity contribution in [2.24, 2.45) is 45.3 Å². The fourth-order valence-electron chi connectivity index (χ4n) is 23.6. The first kappa shape index (κ1) is 109. The molecule has 8 fully saturated rings. The summed E-state index contributed by atoms with van der Waals surface area (Å²) in [6.07, 6.45) is 21.2. The molecule has 6 aromatic heterocycles. The Morgan fingerprint density at radius 2 is 0.669 bits per heavy atom. The van der Waals surface area contributed by atoms with Crippen molar-refractivity contribution in [1.82, 2.24) is 70.8 Å². The summed E-state index contributed by atoms with van der Waals surface area (Å²) in [5, 5.41) is 24.8. The molecule has 4 saturated carbocycles. The van der Waals surface area contributed by atoms with Crippen molar-refractivity contribution in [2.75, 3.05) is 131 Å². The predicted octanol–water partition coefficient (Wildman–Crippen LogP) is 19.5. The number of fused-ring (bicyclic) bond motifs is 4. The van der Waals surface area contributed by atoms with E-state index in [1.807, 2.05) is 31.2 Å². The molecule has 4 spiro atoms. The number of esters is 4. The lowest BCUT2D eigenvalue weighted by atomic mass is 9.57. The van der Waals surface area contributed by atoms with Crippen LogP contribution in [0.1, 0.15) is 194 Å². The quantitative estimate of drug-likeness (QED) is 0.0161. The number of ether oxygens (including phenoxy) is 4. The number of carbonyl (C=O) groups is 8. The van der Waals surface area contributed by atoms with Gasteiger partial charge in [0, 0.05) is 188 Å². The zero-order valence-corrected chi connectivity index (χ0v) is 90.4. The second-order valence-corrected chi connectivity index (χ2v) is 45.9. The lowest BCUT2D eigenvalue weighted by Crippen LogP contribution is -2.64. The Morgan fingerprint density at radius 1 is 0.358 bits per heavy atom. The molecule has 784 valence electrons. The highest BCUT2D eigenvalue weighted by atomic mass is 35.5. The van der Waals surface area contributed by atoms with E-state index in [9.17, 15) is 38.4 Å². The van der Waals surface area contributed by atoms with Crippen LogP contribution in [0.2, 0.25) is 40.2 Å². The molecule has 4 aromatic carbocycles. The van der Waals surface area contributed by atoms with E-state index >= 15 is 0 Å². The van der Waals surface area contributed by atoms with Crippen LogP contribution in [0.25, 0.3) is 22.1 Å². The third kappa shape index (κ3) is 27.8. The molecule has 0 unspecified atom stereocenters. The highest BCUT2D eigenvalue weighted by Gasteiger charge is 2.58. The molecule has 148 heavy (non-hydrogen) atoms. The minimum absolute atomic E-state index is 0.0175. The molecule has 10 aromatic rings. The van der Waals surface area contributed by atoms with Crippen LogP contribution in [0.15, 0.2) is 146 Å². The van der Waals surface area contributed by atoms with E-state index in [2.05, 4.69) is 115 Å². The van der Waals surface area contributed by atoms with Crippen LogP contribution in [0.4, 0.5) is 11.6 Å². The van der Waals surface area contributed by atoms with Crippen molar-refractivity contribution in [3.63, 3.8) is 0 Å². The molecule has 0 radical (unpaired) electrons. The summed E-state index contributed by atoms with van der Waals surface area (Å²) in [5.41, 5.74) is 15.0. The average Bonchev–Trinajstić information content (AvgIpc) is 0.799. The molecule has 6 N–H and O–H groups in total. The molecule has 4 saturated heterocycles. The number of methoxy groups -OCH3 is 4. The van der Waals surface area contributed by atoms with Crippen molar-refractivity contribution < 1.29 is 57.3 Å². The number of aryl methyl sites for hydroxylation is 6. The maximum atomic E-state index is 13.1. The summed E-state index contributed by atoms with van der Waals surface area (Å²) in [7, 11) is 5.34. The summed E-state index contributed by atoms with van der Waals surface area (Å²) in [5.74, 6) is 0.183. The number of halogens is 8. The third-order valence-electron chi connectivity index (χ3n) is 31.1. The number of carbonyl (C=O) groups excluding carboxylic acids is 8. The maximum Gasteiger partial charge on any atom is 0.307 e. The molecular formula is C112H128Cl8N16O12. The van der Waals surface area contributed by atoms with Gasteiger partial charge in [-0.25, -0.2) is 29.9 Å². The van der Waals surface area contributed by atoms with Crippen molar-refractivity contribution >= 4 is 174 Å². The van der Waals surface area contributed by atoms with Crippen LogP contribution in [0.5, 0.6) is 0 Å². The Morgan fingerprint density at radius 3 is 1.03 bits per heavy atom. The molecule has 4 amide bonds. The summed E-state index contributed by atoms with van der Waals surface area (Å²) in [6.45, 7) is 18.5. The molecule has 4 aliphatic carbocycles. The maximum absolute atomic E-state index is 13.1. The second kappa shape index (κ2) is 48.6. The highest BCUT2D eigenvalue weighted by molar-refractivity contribution is 6.36. The van der Waals surface area contributed by atoms with Crippen molar-refractivity contribution in [3.05, 3.63) is 253 Å². The van der Waals surface area contributed by atoms with Gasteiger partial charge in [-0.15, -0.1) is 0 Å². The van der Waals surface area contributed by atoms with E-state index in [4.69, 9.17) is 122 Å². The third-order valence-corrected chi connectivity index (χ3v) is 32.8. The number of rotatable bonds is 34. The van der Waals surface area contributed by atoms with E-state index in [0.29, 0.717) is 62.4 Å². The van der Waals surface area contributed by atoms with Crippen LogP contribution < -0.4 is 31.9 Å². The van der Waals surface area contributed by atoms with Gasteiger partial charge in [0.15, 0.2) is 11.3 Å². The molecule has 28 nitrogen and oxygen atoms in total. The van der Waals surface area contributed by atoms with E-state index in [0.717, 1.165) is 257 Å². The summed E-state index contributed by atoms with van der Waals surface area (Å²) >= 11 is 49.2. The first-order valence-corrected chi connectivity index (χ1v) is 54.2. The van der Waals surface area contributed by atoms with Crippen LogP contribution >= 0.6 is 92.8 Å². The fraction of sp³-hybridized carbons (Fsp3) is 0.482. The lowest BCUT2D eigenvalue weighted by Gasteiger charge is -2.59. The SMILES string of the molecule is COC(=O)C[C@H](NC(=O)C1CC2(C1)CN(CCCc1ccc3c(n1)NCCC3)C2)c1cc(Cl)cc(Cl)c1.COC(=O)C[C@H](NC(=O)C1CC2(C1)CN(CCCc1ccc3cccnc3n1)C2)c1cc(Cl)cc(Cl)c1.COC(=O)C[C@H](NC(=O)C1CC2(C1)CN(CCc1cc3c(nc1C)NCCC3)C2)c1cc(Cl)cc(Cl)c1.COC(=O)C[C@H](NC(=O)C1CC2(C1)CN(CCc1cc3cccnc3nc1C)C2)c1cc(Cl)cc(Cl)c1. The first-order valence-electron chi connectivity index (χ1n) is 51.2. The minimum Gasteiger partial charge on any atom is -0.469 e. The number of hydrogen-bond donors (Lipinski definition) is 6. The van der Waals surface area contributed by atoms with Crippen LogP contribution in [0.3, 0.4) is 0 Å². The Kier molecular flexibility index (Phi) is 35.8. The lowest BCUT2D eigenvalue weighted by molar-refractivity contribution is -0.147. The van der Waals surface area contributed by atoms with Gasteiger partial charge in [0.05, 0.1) is 78.3 Å². The number of amides is 4. The van der Waals surface area contributed by atoms with E-state index in [1.165, 1.54) is 57.1 Å². The zero-order chi connectivity index (χ0) is 104. The van der Waals surface area contributed by atoms with Gasteiger partial charge in [-0.05, 0) is 330 Å². The molecule has 12 heterocycles. The Bertz CT molecular complexity index is 6450. The van der Waals surface area contributed by atoms with Crippen LogP contribution in [-0.4, -0.2) is 217 Å². The molecular weight excluding hydrogens is 2040 g/mol. The number of pyridine rings is 6. The number of nitrogens with zero attached hydrogens (tertiary/aromatic N) is 10. The zero-order valence-electron chi connectivity index (χ0n) is 84.3. The summed E-state index contributed by atoms with van der Waals surface area (Å²) in [6, 6.07) is 39.2. The number of benzene rings is 4. The van der Waals surface area contributed by atoms with Gasteiger partial charge in [0.25, 0.3) is 0 Å². The average molecular weight is 2170 g/mol. The monoisotopic (exact) mass is 2170 g/mol. The largest absolute Gasteiger partial charge is 0.469 e. The summed E-state index contributed by atoms with van der Waals surface area (Å²) in [4.78, 5) is 138. The molecule has 6 aliphatic heterocycles. The number of aromatic nitrogens is 6. The number of anilines is 2.